The SMILES string of the molecule is CC1Oc2ccc(CCNCc3cccc(Cl)c3)cc2NC1=O. The van der Waals surface area contributed by atoms with Crippen molar-refractivity contribution in [2.75, 3.05) is 11.9 Å². The highest BCUT2D eigenvalue weighted by Gasteiger charge is 2.23. The molecule has 0 aliphatic carbocycles. The van der Waals surface area contributed by atoms with Gasteiger partial charge in [-0.25, -0.2) is 0 Å². The molecule has 2 aromatic carbocycles. The minimum Gasteiger partial charge on any atom is -0.479 e. The minimum absolute atomic E-state index is 0.103. The summed E-state index contributed by atoms with van der Waals surface area (Å²) in [6, 6.07) is 13.7. The van der Waals surface area contributed by atoms with Gasteiger partial charge in [-0.1, -0.05) is 29.8 Å². The summed E-state index contributed by atoms with van der Waals surface area (Å²) in [6.45, 7) is 3.37. The van der Waals surface area contributed by atoms with Crippen molar-refractivity contribution >= 4 is 23.2 Å². The standard InChI is InChI=1S/C18H19ClN2O2/c1-12-18(22)21-16-10-13(5-6-17(16)23-12)7-8-20-11-14-3-2-4-15(19)9-14/h2-6,9-10,12,20H,7-8,11H2,1H3,(H,21,22). The number of hydrogen-bond acceptors (Lipinski definition) is 3. The first-order chi connectivity index (χ1) is 11.1. The molecule has 0 spiro atoms. The number of anilines is 1. The Morgan fingerprint density at radius 3 is 2.91 bits per heavy atom. The zero-order valence-corrected chi connectivity index (χ0v) is 13.7. The van der Waals surface area contributed by atoms with Crippen LogP contribution in [0.5, 0.6) is 5.75 Å². The normalized spacial score (nSPS) is 16.4. The topological polar surface area (TPSA) is 50.4 Å². The van der Waals surface area contributed by atoms with Crippen molar-refractivity contribution in [3.8, 4) is 5.75 Å². The Morgan fingerprint density at radius 1 is 1.22 bits per heavy atom. The highest BCUT2D eigenvalue weighted by atomic mass is 35.5. The minimum atomic E-state index is -0.437. The van der Waals surface area contributed by atoms with Crippen molar-refractivity contribution in [2.24, 2.45) is 0 Å². The summed E-state index contributed by atoms with van der Waals surface area (Å²) in [5.41, 5.74) is 3.07. The molecule has 0 saturated carbocycles. The number of hydrogen-bond donors (Lipinski definition) is 2. The fourth-order valence-corrected chi connectivity index (χ4v) is 2.74. The van der Waals surface area contributed by atoms with Crippen molar-refractivity contribution < 1.29 is 9.53 Å². The lowest BCUT2D eigenvalue weighted by Gasteiger charge is -2.23. The number of amides is 1. The molecule has 3 rings (SSSR count). The second-order valence-corrected chi connectivity index (χ2v) is 6.07. The summed E-state index contributed by atoms with van der Waals surface area (Å²) in [4.78, 5) is 11.7. The molecular formula is C18H19ClN2O2. The Bertz CT molecular complexity index is 718. The summed E-state index contributed by atoms with van der Waals surface area (Å²) in [5, 5.41) is 7.02. The van der Waals surface area contributed by atoms with Crippen LogP contribution < -0.4 is 15.4 Å². The van der Waals surface area contributed by atoms with Crippen LogP contribution >= 0.6 is 11.6 Å². The molecule has 1 aliphatic rings. The molecule has 1 amide bonds. The first-order valence-corrected chi connectivity index (χ1v) is 8.05. The summed E-state index contributed by atoms with van der Waals surface area (Å²) in [7, 11) is 0. The van der Waals surface area contributed by atoms with Gasteiger partial charge >= 0.3 is 0 Å². The van der Waals surface area contributed by atoms with E-state index in [4.69, 9.17) is 16.3 Å². The predicted octanol–water partition coefficient (Wildman–Crippen LogP) is 3.39. The molecular weight excluding hydrogens is 312 g/mol. The van der Waals surface area contributed by atoms with Crippen molar-refractivity contribution in [1.82, 2.24) is 5.32 Å². The average Bonchev–Trinajstić information content (AvgIpc) is 2.53. The molecule has 4 nitrogen and oxygen atoms in total. The summed E-state index contributed by atoms with van der Waals surface area (Å²) < 4.78 is 5.55. The van der Waals surface area contributed by atoms with E-state index in [0.29, 0.717) is 0 Å². The largest absolute Gasteiger partial charge is 0.479 e. The van der Waals surface area contributed by atoms with Gasteiger partial charge in [0.2, 0.25) is 0 Å². The van der Waals surface area contributed by atoms with Crippen LogP contribution in [0.15, 0.2) is 42.5 Å². The van der Waals surface area contributed by atoms with Crippen LogP contribution in [0, 0.1) is 0 Å². The van der Waals surface area contributed by atoms with E-state index >= 15 is 0 Å². The Balaban J connectivity index is 1.53. The van der Waals surface area contributed by atoms with Crippen LogP contribution in [0.4, 0.5) is 5.69 Å². The third kappa shape index (κ3) is 4.03. The van der Waals surface area contributed by atoms with Crippen molar-refractivity contribution in [3.63, 3.8) is 0 Å². The first kappa shape index (κ1) is 15.8. The van der Waals surface area contributed by atoms with Gasteiger partial charge in [-0.3, -0.25) is 4.79 Å². The third-order valence-electron chi connectivity index (χ3n) is 3.78. The van der Waals surface area contributed by atoms with Gasteiger partial charge in [0, 0.05) is 11.6 Å². The van der Waals surface area contributed by atoms with E-state index in [1.807, 2.05) is 42.5 Å². The Hall–Kier alpha value is -2.04. The number of fused-ring (bicyclic) bond motifs is 1. The molecule has 1 aliphatic heterocycles. The number of nitrogens with one attached hydrogen (secondary N) is 2. The Morgan fingerprint density at radius 2 is 2.09 bits per heavy atom. The second-order valence-electron chi connectivity index (χ2n) is 5.64. The maximum Gasteiger partial charge on any atom is 0.265 e. The average molecular weight is 331 g/mol. The lowest BCUT2D eigenvalue weighted by atomic mass is 10.1. The van der Waals surface area contributed by atoms with E-state index in [9.17, 15) is 4.79 Å². The maximum absolute atomic E-state index is 11.7. The molecule has 1 atom stereocenters. The number of carbonyl (C=O) groups is 1. The van der Waals surface area contributed by atoms with Gasteiger partial charge in [0.1, 0.15) is 5.75 Å². The van der Waals surface area contributed by atoms with E-state index in [0.717, 1.165) is 47.1 Å². The number of rotatable bonds is 5. The molecule has 2 aromatic rings. The first-order valence-electron chi connectivity index (χ1n) is 7.67. The van der Waals surface area contributed by atoms with Gasteiger partial charge in [0.25, 0.3) is 5.91 Å². The Labute approximate surface area is 140 Å². The van der Waals surface area contributed by atoms with Gasteiger partial charge in [-0.05, 0) is 55.3 Å². The molecule has 120 valence electrons. The maximum atomic E-state index is 11.7. The van der Waals surface area contributed by atoms with Crippen LogP contribution in [0.3, 0.4) is 0 Å². The predicted molar refractivity (Wildman–Crippen MR) is 92.0 cm³/mol. The molecule has 1 unspecified atom stereocenters. The van der Waals surface area contributed by atoms with Gasteiger partial charge in [0.15, 0.2) is 6.10 Å². The van der Waals surface area contributed by atoms with Crippen LogP contribution in [0.1, 0.15) is 18.1 Å². The smallest absolute Gasteiger partial charge is 0.265 e. The second kappa shape index (κ2) is 7.02. The number of benzene rings is 2. The van der Waals surface area contributed by atoms with E-state index < -0.39 is 6.10 Å². The molecule has 0 aromatic heterocycles. The lowest BCUT2D eigenvalue weighted by molar-refractivity contribution is -0.122. The molecule has 0 saturated heterocycles. The third-order valence-corrected chi connectivity index (χ3v) is 4.02. The van der Waals surface area contributed by atoms with E-state index in [1.54, 1.807) is 6.92 Å². The molecule has 0 bridgehead atoms. The van der Waals surface area contributed by atoms with Crippen LogP contribution in [-0.4, -0.2) is 18.6 Å². The molecule has 2 N–H and O–H groups in total. The zero-order chi connectivity index (χ0) is 16.2. The van der Waals surface area contributed by atoms with E-state index in [2.05, 4.69) is 10.6 Å². The zero-order valence-electron chi connectivity index (χ0n) is 12.9. The summed E-state index contributed by atoms with van der Waals surface area (Å²) in [6.07, 6.45) is 0.437. The van der Waals surface area contributed by atoms with Gasteiger partial charge < -0.3 is 15.4 Å². The molecule has 0 radical (unpaired) electrons. The molecule has 5 heteroatoms. The number of ether oxygens (including phenoxy) is 1. The monoisotopic (exact) mass is 330 g/mol. The van der Waals surface area contributed by atoms with Crippen LogP contribution in [-0.2, 0) is 17.8 Å². The number of halogens is 1. The van der Waals surface area contributed by atoms with E-state index in [-0.39, 0.29) is 5.91 Å². The van der Waals surface area contributed by atoms with Gasteiger partial charge in [0.05, 0.1) is 5.69 Å². The number of carbonyl (C=O) groups excluding carboxylic acids is 1. The van der Waals surface area contributed by atoms with Gasteiger partial charge in [-0.2, -0.15) is 0 Å². The van der Waals surface area contributed by atoms with Gasteiger partial charge in [-0.15, -0.1) is 0 Å². The van der Waals surface area contributed by atoms with Crippen molar-refractivity contribution in [1.29, 1.82) is 0 Å². The highest BCUT2D eigenvalue weighted by Crippen LogP contribution is 2.30. The molecule has 0 fully saturated rings. The van der Waals surface area contributed by atoms with Crippen molar-refractivity contribution in [2.45, 2.75) is 26.0 Å². The van der Waals surface area contributed by atoms with Crippen LogP contribution in [0.2, 0.25) is 5.02 Å². The van der Waals surface area contributed by atoms with Crippen molar-refractivity contribution in [3.05, 3.63) is 58.6 Å². The molecule has 23 heavy (non-hydrogen) atoms. The quantitative estimate of drug-likeness (QED) is 0.826. The molecule has 1 heterocycles. The fourth-order valence-electron chi connectivity index (χ4n) is 2.52. The fraction of sp³-hybridized carbons (Fsp3) is 0.278. The summed E-state index contributed by atoms with van der Waals surface area (Å²) >= 11 is 5.97. The lowest BCUT2D eigenvalue weighted by Crippen LogP contribution is -2.34. The summed E-state index contributed by atoms with van der Waals surface area (Å²) in [5.74, 6) is 0.626. The van der Waals surface area contributed by atoms with Crippen LogP contribution in [0.25, 0.3) is 0 Å². The highest BCUT2D eigenvalue weighted by molar-refractivity contribution is 6.30. The van der Waals surface area contributed by atoms with E-state index in [1.165, 1.54) is 0 Å². The Kier molecular flexibility index (Phi) is 4.84.